The molecule has 1 aromatic heterocycles. The molecule has 0 unspecified atom stereocenters. The number of fused-ring (bicyclic) bond motifs is 1. The smallest absolute Gasteiger partial charge is 0.244 e. The van der Waals surface area contributed by atoms with Gasteiger partial charge in [-0.05, 0) is 52.7 Å². The van der Waals surface area contributed by atoms with E-state index >= 15 is 0 Å². The molecule has 4 rings (SSSR count). The summed E-state index contributed by atoms with van der Waals surface area (Å²) in [7, 11) is 1.61. The van der Waals surface area contributed by atoms with Gasteiger partial charge in [0.05, 0.1) is 17.5 Å². The van der Waals surface area contributed by atoms with Gasteiger partial charge in [-0.1, -0.05) is 18.2 Å². The summed E-state index contributed by atoms with van der Waals surface area (Å²) in [6.45, 7) is 2.18. The van der Waals surface area contributed by atoms with E-state index in [0.717, 1.165) is 32.6 Å². The van der Waals surface area contributed by atoms with Crippen molar-refractivity contribution in [2.75, 3.05) is 7.11 Å². The third-order valence-electron chi connectivity index (χ3n) is 4.99. The lowest BCUT2D eigenvalue weighted by Gasteiger charge is -2.24. The molecule has 30 heavy (non-hydrogen) atoms. The molecule has 7 nitrogen and oxygen atoms in total. The van der Waals surface area contributed by atoms with Crippen molar-refractivity contribution < 1.29 is 14.2 Å². The molecule has 0 bridgehead atoms. The van der Waals surface area contributed by atoms with Crippen LogP contribution in [0.3, 0.4) is 0 Å². The Labute approximate surface area is 182 Å². The maximum Gasteiger partial charge on any atom is 0.244 e. The average Bonchev–Trinajstić information content (AvgIpc) is 3.12. The van der Waals surface area contributed by atoms with Crippen LogP contribution >= 0.6 is 15.9 Å². The van der Waals surface area contributed by atoms with E-state index in [1.807, 2.05) is 49.4 Å². The number of nitrogens with one attached hydrogen (secondary N) is 1. The van der Waals surface area contributed by atoms with E-state index in [9.17, 15) is 5.26 Å². The van der Waals surface area contributed by atoms with Crippen molar-refractivity contribution in [3.63, 3.8) is 0 Å². The lowest BCUT2D eigenvalue weighted by molar-refractivity contribution is 0.294. The fraction of sp³-hybridized carbons (Fsp3) is 0.182. The zero-order chi connectivity index (χ0) is 21.3. The third-order valence-corrected chi connectivity index (χ3v) is 5.64. The standard InChI is InChI=1S/C22H19BrN4O3/c1-12-19-20(15(10-24)21(25)30-22(19)27-26-12)13-7-8-17(28-2)14(9-13)11-29-18-6-4-3-5-16(18)23/h3-9,20H,11,25H2,1-2H3,(H,26,27)/t20-/m1/s1. The lowest BCUT2D eigenvalue weighted by atomic mass is 9.83. The largest absolute Gasteiger partial charge is 0.496 e. The molecular formula is C22H19BrN4O3. The number of ether oxygens (including phenoxy) is 3. The number of aromatic nitrogens is 2. The number of benzene rings is 2. The number of rotatable bonds is 5. The van der Waals surface area contributed by atoms with Gasteiger partial charge in [0.1, 0.15) is 29.7 Å². The monoisotopic (exact) mass is 466 g/mol. The molecule has 2 aromatic carbocycles. The molecular weight excluding hydrogens is 448 g/mol. The molecule has 0 spiro atoms. The quantitative estimate of drug-likeness (QED) is 0.580. The van der Waals surface area contributed by atoms with E-state index in [-0.39, 0.29) is 5.88 Å². The van der Waals surface area contributed by atoms with Crippen molar-refractivity contribution in [3.05, 3.63) is 80.8 Å². The molecule has 2 heterocycles. The molecule has 152 valence electrons. The van der Waals surface area contributed by atoms with Crippen molar-refractivity contribution >= 4 is 15.9 Å². The van der Waals surface area contributed by atoms with Crippen LogP contribution in [0.1, 0.15) is 28.3 Å². The topological polar surface area (TPSA) is 106 Å². The second-order valence-electron chi connectivity index (χ2n) is 6.78. The molecule has 1 aliphatic rings. The van der Waals surface area contributed by atoms with Crippen LogP contribution in [0.2, 0.25) is 0 Å². The van der Waals surface area contributed by atoms with Gasteiger partial charge in [0.15, 0.2) is 0 Å². The maximum atomic E-state index is 9.75. The predicted molar refractivity (Wildman–Crippen MR) is 114 cm³/mol. The van der Waals surface area contributed by atoms with E-state index < -0.39 is 5.92 Å². The van der Waals surface area contributed by atoms with Gasteiger partial charge in [-0.3, -0.25) is 5.10 Å². The highest BCUT2D eigenvalue weighted by molar-refractivity contribution is 9.10. The van der Waals surface area contributed by atoms with Gasteiger partial charge in [0.25, 0.3) is 0 Å². The van der Waals surface area contributed by atoms with Gasteiger partial charge in [-0.25, -0.2) is 0 Å². The lowest BCUT2D eigenvalue weighted by Crippen LogP contribution is -2.21. The van der Waals surface area contributed by atoms with Gasteiger partial charge in [-0.15, -0.1) is 5.10 Å². The number of halogens is 1. The Bertz CT molecular complexity index is 1180. The fourth-order valence-electron chi connectivity index (χ4n) is 3.54. The Hall–Kier alpha value is -3.44. The first-order valence-electron chi connectivity index (χ1n) is 9.20. The zero-order valence-corrected chi connectivity index (χ0v) is 18.0. The molecule has 1 aliphatic heterocycles. The highest BCUT2D eigenvalue weighted by atomic mass is 79.9. The summed E-state index contributed by atoms with van der Waals surface area (Å²) < 4.78 is 17.9. The summed E-state index contributed by atoms with van der Waals surface area (Å²) in [5.41, 5.74) is 9.68. The summed E-state index contributed by atoms with van der Waals surface area (Å²) in [4.78, 5) is 0. The minimum atomic E-state index is -0.398. The molecule has 3 N–H and O–H groups in total. The van der Waals surface area contributed by atoms with Gasteiger partial charge >= 0.3 is 0 Å². The highest BCUT2D eigenvalue weighted by Gasteiger charge is 2.34. The first-order valence-corrected chi connectivity index (χ1v) is 9.99. The number of nitrogens with two attached hydrogens (primary N) is 1. The van der Waals surface area contributed by atoms with E-state index in [2.05, 4.69) is 32.2 Å². The number of nitriles is 1. The average molecular weight is 467 g/mol. The SMILES string of the molecule is COc1ccc([C@@H]2C(C#N)=C(N)Oc3n[nH]c(C)c32)cc1COc1ccccc1Br. The van der Waals surface area contributed by atoms with E-state index in [0.29, 0.717) is 23.8 Å². The second-order valence-corrected chi connectivity index (χ2v) is 7.64. The summed E-state index contributed by atoms with van der Waals surface area (Å²) in [5.74, 6) is 1.47. The molecule has 0 amide bonds. The Morgan fingerprint density at radius 2 is 2.07 bits per heavy atom. The molecule has 0 saturated carbocycles. The summed E-state index contributed by atoms with van der Waals surface area (Å²) in [5, 5.41) is 16.8. The maximum absolute atomic E-state index is 9.75. The van der Waals surface area contributed by atoms with Crippen LogP contribution in [-0.2, 0) is 6.61 Å². The van der Waals surface area contributed by atoms with Crippen LogP contribution in [0.15, 0.2) is 58.4 Å². The Morgan fingerprint density at radius 1 is 1.27 bits per heavy atom. The first kappa shape index (κ1) is 19.9. The van der Waals surface area contributed by atoms with Crippen molar-refractivity contribution in [2.45, 2.75) is 19.4 Å². The zero-order valence-electron chi connectivity index (χ0n) is 16.4. The van der Waals surface area contributed by atoms with Gasteiger partial charge < -0.3 is 19.9 Å². The minimum Gasteiger partial charge on any atom is -0.496 e. The summed E-state index contributed by atoms with van der Waals surface area (Å²) in [6, 6.07) is 15.6. The predicted octanol–water partition coefficient (Wildman–Crippen LogP) is 4.29. The van der Waals surface area contributed by atoms with Crippen molar-refractivity contribution in [1.82, 2.24) is 10.2 Å². The molecule has 0 aliphatic carbocycles. The summed E-state index contributed by atoms with van der Waals surface area (Å²) >= 11 is 3.49. The number of allylic oxidation sites excluding steroid dienone is 1. The number of nitrogens with zero attached hydrogens (tertiary/aromatic N) is 2. The molecule has 0 saturated heterocycles. The van der Waals surface area contributed by atoms with Crippen LogP contribution in [-0.4, -0.2) is 17.3 Å². The van der Waals surface area contributed by atoms with Gasteiger partial charge in [-0.2, -0.15) is 5.26 Å². The number of methoxy groups -OCH3 is 1. The Morgan fingerprint density at radius 3 is 2.80 bits per heavy atom. The molecule has 3 aromatic rings. The third kappa shape index (κ3) is 3.48. The summed E-state index contributed by atoms with van der Waals surface area (Å²) in [6.07, 6.45) is 0. The number of H-pyrrole nitrogens is 1. The van der Waals surface area contributed by atoms with Crippen LogP contribution in [0.25, 0.3) is 0 Å². The second kappa shape index (κ2) is 8.13. The van der Waals surface area contributed by atoms with Gasteiger partial charge in [0.2, 0.25) is 11.8 Å². The number of hydrogen-bond donors (Lipinski definition) is 2. The van der Waals surface area contributed by atoms with E-state index in [1.54, 1.807) is 7.11 Å². The van der Waals surface area contributed by atoms with E-state index in [4.69, 9.17) is 19.9 Å². The molecule has 0 fully saturated rings. The highest BCUT2D eigenvalue weighted by Crippen LogP contribution is 2.43. The first-order chi connectivity index (χ1) is 14.5. The molecule has 8 heteroatoms. The van der Waals surface area contributed by atoms with Gasteiger partial charge in [0, 0.05) is 16.8 Å². The minimum absolute atomic E-state index is 0.0586. The van der Waals surface area contributed by atoms with Crippen LogP contribution in [0.4, 0.5) is 0 Å². The van der Waals surface area contributed by atoms with E-state index in [1.165, 1.54) is 0 Å². The number of hydrogen-bond acceptors (Lipinski definition) is 6. The van der Waals surface area contributed by atoms with Crippen LogP contribution in [0, 0.1) is 18.3 Å². The molecule has 1 atom stereocenters. The Kier molecular flexibility index (Phi) is 5.38. The normalized spacial score (nSPS) is 15.2. The fourth-order valence-corrected chi connectivity index (χ4v) is 3.94. The van der Waals surface area contributed by atoms with Crippen molar-refractivity contribution in [2.24, 2.45) is 5.73 Å². The van der Waals surface area contributed by atoms with Crippen LogP contribution < -0.4 is 19.9 Å². The number of aryl methyl sites for hydroxylation is 1. The number of para-hydroxylation sites is 1. The van der Waals surface area contributed by atoms with Crippen LogP contribution in [0.5, 0.6) is 17.4 Å². The molecule has 0 radical (unpaired) electrons. The van der Waals surface area contributed by atoms with Crippen molar-refractivity contribution in [3.8, 4) is 23.4 Å². The Balaban J connectivity index is 1.75. The number of aromatic amines is 1. The van der Waals surface area contributed by atoms with Crippen molar-refractivity contribution in [1.29, 1.82) is 5.26 Å².